The van der Waals surface area contributed by atoms with E-state index in [1.807, 2.05) is 0 Å². The molecule has 0 unspecified atom stereocenters. The maximum absolute atomic E-state index is 13.5. The zero-order chi connectivity index (χ0) is 27.1. The Hall–Kier alpha value is -3.94. The van der Waals surface area contributed by atoms with Gasteiger partial charge in [-0.3, -0.25) is 4.90 Å². The van der Waals surface area contributed by atoms with Gasteiger partial charge in [0.25, 0.3) is 0 Å². The molecule has 38 heavy (non-hydrogen) atoms. The number of carbonyl (C=O) groups excluding carboxylic acids is 1. The number of aromatic nitrogens is 2. The van der Waals surface area contributed by atoms with Crippen molar-refractivity contribution in [2.24, 2.45) is 0 Å². The molecular formula is C25H24F3N5O5. The number of anilines is 3. The molecule has 5 rings (SSSR count). The summed E-state index contributed by atoms with van der Waals surface area (Å²) in [4.78, 5) is 25.6. The molecule has 3 aromatic rings. The summed E-state index contributed by atoms with van der Waals surface area (Å²) in [5.74, 6) is -2.12. The molecule has 1 fully saturated rings. The van der Waals surface area contributed by atoms with Crippen LogP contribution >= 0.6 is 0 Å². The monoisotopic (exact) mass is 531 g/mol. The van der Waals surface area contributed by atoms with Gasteiger partial charge in [-0.1, -0.05) is 12.1 Å². The fourth-order valence-electron chi connectivity index (χ4n) is 4.47. The number of urea groups is 1. The Morgan fingerprint density at radius 1 is 1.16 bits per heavy atom. The Morgan fingerprint density at radius 3 is 2.74 bits per heavy atom. The van der Waals surface area contributed by atoms with Crippen LogP contribution in [0.2, 0.25) is 0 Å². The van der Waals surface area contributed by atoms with Crippen molar-refractivity contribution in [2.75, 3.05) is 41.4 Å². The standard InChI is InChI=1S/C25H24F3N5O5/c26-25(27,28)16-3-1-2-15(10-16)19-4-5-20-22(31-19)33(18-7-9-32(20)12-18)23(35)30-17-6-8-29-21(11-17)38-14-24(36,37)13-34/h1-6,8,10-11,18,34,36-37H,7,9,12-14H2,(H,29,30,35)/t18-/m0/s1. The number of hydrogen-bond acceptors (Lipinski definition) is 8. The average Bonchev–Trinajstić information content (AvgIpc) is 3.31. The lowest BCUT2D eigenvalue weighted by atomic mass is 10.1. The molecule has 0 saturated carbocycles. The Balaban J connectivity index is 1.42. The molecule has 10 nitrogen and oxygen atoms in total. The molecule has 2 aliphatic heterocycles. The van der Waals surface area contributed by atoms with Crippen LogP contribution in [0.5, 0.6) is 5.88 Å². The van der Waals surface area contributed by atoms with Crippen LogP contribution in [0.25, 0.3) is 11.3 Å². The molecule has 2 aliphatic rings. The summed E-state index contributed by atoms with van der Waals surface area (Å²) < 4.78 is 45.0. The van der Waals surface area contributed by atoms with Gasteiger partial charge in [0.05, 0.1) is 23.0 Å². The number of halogens is 3. The van der Waals surface area contributed by atoms with Crippen LogP contribution < -0.4 is 19.9 Å². The number of benzene rings is 1. The van der Waals surface area contributed by atoms with E-state index < -0.39 is 36.8 Å². The van der Waals surface area contributed by atoms with Gasteiger partial charge in [0.2, 0.25) is 11.7 Å². The summed E-state index contributed by atoms with van der Waals surface area (Å²) in [6, 6.07) is 10.5. The first kappa shape index (κ1) is 25.7. The van der Waals surface area contributed by atoms with Gasteiger partial charge in [-0.15, -0.1) is 0 Å². The fraction of sp³-hybridized carbons (Fsp3) is 0.320. The first-order valence-electron chi connectivity index (χ1n) is 11.7. The summed E-state index contributed by atoms with van der Waals surface area (Å²) in [5.41, 5.74) is 0.798. The van der Waals surface area contributed by atoms with E-state index in [2.05, 4.69) is 20.2 Å². The molecule has 2 aromatic heterocycles. The summed E-state index contributed by atoms with van der Waals surface area (Å²) in [5, 5.41) is 30.7. The van der Waals surface area contributed by atoms with Crippen molar-refractivity contribution in [1.29, 1.82) is 0 Å². The Labute approximate surface area is 214 Å². The Kier molecular flexibility index (Phi) is 6.59. The summed E-state index contributed by atoms with van der Waals surface area (Å²) in [6.45, 7) is -0.292. The lowest BCUT2D eigenvalue weighted by Crippen LogP contribution is -2.48. The molecule has 4 heterocycles. The van der Waals surface area contributed by atoms with Gasteiger partial charge in [-0.05, 0) is 36.8 Å². The van der Waals surface area contributed by atoms with Gasteiger partial charge in [0.1, 0.15) is 13.2 Å². The van der Waals surface area contributed by atoms with Gasteiger partial charge in [0.15, 0.2) is 5.82 Å². The number of rotatable bonds is 6. The molecule has 1 saturated heterocycles. The highest BCUT2D eigenvalue weighted by molar-refractivity contribution is 6.04. The van der Waals surface area contributed by atoms with Gasteiger partial charge in [-0.25, -0.2) is 14.8 Å². The number of aliphatic hydroxyl groups is 3. The highest BCUT2D eigenvalue weighted by atomic mass is 19.4. The Morgan fingerprint density at radius 2 is 1.97 bits per heavy atom. The highest BCUT2D eigenvalue weighted by Crippen LogP contribution is 2.41. The van der Waals surface area contributed by atoms with E-state index >= 15 is 0 Å². The first-order chi connectivity index (χ1) is 18.0. The largest absolute Gasteiger partial charge is 0.472 e. The van der Waals surface area contributed by atoms with E-state index in [-0.39, 0.29) is 17.5 Å². The number of nitrogens with zero attached hydrogens (tertiary/aromatic N) is 4. The number of fused-ring (bicyclic) bond motifs is 4. The quantitative estimate of drug-likeness (QED) is 0.357. The van der Waals surface area contributed by atoms with Crippen molar-refractivity contribution in [1.82, 2.24) is 9.97 Å². The van der Waals surface area contributed by atoms with Crippen LogP contribution in [0.15, 0.2) is 54.7 Å². The number of pyridine rings is 2. The topological polar surface area (TPSA) is 131 Å². The number of hydrogen-bond donors (Lipinski definition) is 4. The molecule has 200 valence electrons. The fourth-order valence-corrected chi connectivity index (χ4v) is 4.47. The second-order valence-corrected chi connectivity index (χ2v) is 9.12. The summed E-state index contributed by atoms with van der Waals surface area (Å²) >= 11 is 0. The average molecular weight is 531 g/mol. The second-order valence-electron chi connectivity index (χ2n) is 9.12. The van der Waals surface area contributed by atoms with E-state index in [0.717, 1.165) is 12.1 Å². The molecule has 1 aromatic carbocycles. The summed E-state index contributed by atoms with van der Waals surface area (Å²) in [7, 11) is 0. The third-order valence-electron chi connectivity index (χ3n) is 6.35. The minimum atomic E-state index is -4.50. The minimum absolute atomic E-state index is 0.0141. The van der Waals surface area contributed by atoms with Gasteiger partial charge >= 0.3 is 12.2 Å². The third kappa shape index (κ3) is 5.21. The number of aliphatic hydroxyl groups excluding tert-OH is 1. The summed E-state index contributed by atoms with van der Waals surface area (Å²) in [6.07, 6.45) is -2.46. The first-order valence-corrected chi connectivity index (χ1v) is 11.7. The van der Waals surface area contributed by atoms with Crippen molar-refractivity contribution in [2.45, 2.75) is 24.4 Å². The molecule has 2 bridgehead atoms. The van der Waals surface area contributed by atoms with Crippen LogP contribution in [0, 0.1) is 0 Å². The second kappa shape index (κ2) is 9.74. The van der Waals surface area contributed by atoms with Crippen molar-refractivity contribution >= 4 is 23.2 Å². The van der Waals surface area contributed by atoms with E-state index in [0.29, 0.717) is 42.4 Å². The van der Waals surface area contributed by atoms with E-state index in [4.69, 9.17) is 9.84 Å². The lowest BCUT2D eigenvalue weighted by molar-refractivity contribution is -0.204. The maximum atomic E-state index is 13.5. The van der Waals surface area contributed by atoms with Crippen LogP contribution in [-0.2, 0) is 6.18 Å². The zero-order valence-corrected chi connectivity index (χ0v) is 19.9. The zero-order valence-electron chi connectivity index (χ0n) is 19.9. The van der Waals surface area contributed by atoms with Crippen molar-refractivity contribution in [3.05, 3.63) is 60.3 Å². The van der Waals surface area contributed by atoms with E-state index in [1.54, 1.807) is 12.1 Å². The number of nitrogens with one attached hydrogen (secondary N) is 1. The molecule has 4 N–H and O–H groups in total. The van der Waals surface area contributed by atoms with Crippen LogP contribution in [0.4, 0.5) is 35.2 Å². The SMILES string of the molecule is O=C(Nc1ccnc(OCC(O)(O)CO)c1)N1c2nc(-c3cccc(C(F)(F)F)c3)ccc2N2CC[C@H]1C2. The lowest BCUT2D eigenvalue weighted by Gasteiger charge is -2.36. The molecule has 0 aliphatic carbocycles. The van der Waals surface area contributed by atoms with Gasteiger partial charge in [0, 0.05) is 36.6 Å². The highest BCUT2D eigenvalue weighted by Gasteiger charge is 2.40. The number of amides is 2. The molecule has 2 amide bonds. The number of carbonyl (C=O) groups is 1. The van der Waals surface area contributed by atoms with Crippen molar-refractivity contribution in [3.63, 3.8) is 0 Å². The number of ether oxygens (including phenoxy) is 1. The number of alkyl halides is 3. The van der Waals surface area contributed by atoms with E-state index in [1.165, 1.54) is 35.4 Å². The molecule has 0 spiro atoms. The van der Waals surface area contributed by atoms with E-state index in [9.17, 15) is 28.2 Å². The molecule has 0 radical (unpaired) electrons. The van der Waals surface area contributed by atoms with Crippen LogP contribution in [0.1, 0.15) is 12.0 Å². The smallest absolute Gasteiger partial charge is 0.416 e. The maximum Gasteiger partial charge on any atom is 0.416 e. The van der Waals surface area contributed by atoms with Crippen molar-refractivity contribution < 1.29 is 38.0 Å². The van der Waals surface area contributed by atoms with Gasteiger partial charge in [-0.2, -0.15) is 13.2 Å². The van der Waals surface area contributed by atoms with Crippen molar-refractivity contribution in [3.8, 4) is 17.1 Å². The van der Waals surface area contributed by atoms with Crippen LogP contribution in [0.3, 0.4) is 0 Å². The predicted octanol–water partition coefficient (Wildman–Crippen LogP) is 2.85. The van der Waals surface area contributed by atoms with Crippen LogP contribution in [-0.4, -0.2) is 69.5 Å². The third-order valence-corrected chi connectivity index (χ3v) is 6.35. The molecule has 13 heteroatoms. The minimum Gasteiger partial charge on any atom is -0.472 e. The predicted molar refractivity (Wildman–Crippen MR) is 131 cm³/mol. The normalized spacial score (nSPS) is 16.8. The molecule has 1 atom stereocenters. The van der Waals surface area contributed by atoms with Gasteiger partial charge < -0.3 is 30.3 Å². The Bertz CT molecular complexity index is 1350. The molecular weight excluding hydrogens is 507 g/mol.